The molecule has 0 spiro atoms. The van der Waals surface area contributed by atoms with Crippen molar-refractivity contribution in [2.24, 2.45) is 5.92 Å². The lowest BCUT2D eigenvalue weighted by atomic mass is 10.1. The molecule has 1 heteroatoms. The fourth-order valence-electron chi connectivity index (χ4n) is 2.36. The molecular weight excluding hydrogens is 194 g/mol. The van der Waals surface area contributed by atoms with E-state index in [1.807, 2.05) is 0 Å². The minimum atomic E-state index is 0.808. The zero-order valence-electron chi connectivity index (χ0n) is 11.4. The van der Waals surface area contributed by atoms with E-state index in [1.165, 1.54) is 70.8 Å². The van der Waals surface area contributed by atoms with Crippen molar-refractivity contribution in [3.63, 3.8) is 0 Å². The third kappa shape index (κ3) is 7.27. The first-order valence-electron chi connectivity index (χ1n) is 7.60. The van der Waals surface area contributed by atoms with Crippen LogP contribution in [-0.2, 0) is 0 Å². The van der Waals surface area contributed by atoms with Crippen LogP contribution >= 0.6 is 0 Å². The standard InChI is InChI=1S/C15H31N/c1-3-5-6-7-8-9-12-16-15(4-2)13-14-10-11-14/h14-16H,3-13H2,1-2H3. The Morgan fingerprint density at radius 2 is 1.69 bits per heavy atom. The Labute approximate surface area is 102 Å². The molecule has 1 aliphatic rings. The Morgan fingerprint density at radius 1 is 1.00 bits per heavy atom. The normalized spacial score (nSPS) is 17.6. The highest BCUT2D eigenvalue weighted by Gasteiger charge is 2.24. The molecule has 0 aromatic heterocycles. The number of rotatable bonds is 11. The van der Waals surface area contributed by atoms with Crippen molar-refractivity contribution in [3.05, 3.63) is 0 Å². The molecule has 0 aliphatic heterocycles. The van der Waals surface area contributed by atoms with Crippen molar-refractivity contribution < 1.29 is 0 Å². The fourth-order valence-corrected chi connectivity index (χ4v) is 2.36. The first-order chi connectivity index (χ1) is 7.86. The molecule has 0 aromatic carbocycles. The topological polar surface area (TPSA) is 12.0 Å². The van der Waals surface area contributed by atoms with Gasteiger partial charge in [0.25, 0.3) is 0 Å². The molecule has 0 aromatic rings. The molecule has 1 nitrogen and oxygen atoms in total. The third-order valence-corrected chi connectivity index (χ3v) is 3.77. The van der Waals surface area contributed by atoms with Gasteiger partial charge in [0.2, 0.25) is 0 Å². The molecule has 1 saturated carbocycles. The summed E-state index contributed by atoms with van der Waals surface area (Å²) in [5, 5.41) is 3.73. The number of unbranched alkanes of at least 4 members (excludes halogenated alkanes) is 5. The van der Waals surface area contributed by atoms with Crippen LogP contribution in [0.3, 0.4) is 0 Å². The molecule has 16 heavy (non-hydrogen) atoms. The van der Waals surface area contributed by atoms with E-state index in [0.717, 1.165) is 12.0 Å². The maximum atomic E-state index is 3.73. The van der Waals surface area contributed by atoms with Gasteiger partial charge in [0.15, 0.2) is 0 Å². The zero-order valence-corrected chi connectivity index (χ0v) is 11.4. The first kappa shape index (κ1) is 14.0. The molecule has 1 rings (SSSR count). The van der Waals surface area contributed by atoms with Crippen molar-refractivity contribution in [3.8, 4) is 0 Å². The number of hydrogen-bond donors (Lipinski definition) is 1. The number of nitrogens with one attached hydrogen (secondary N) is 1. The monoisotopic (exact) mass is 225 g/mol. The van der Waals surface area contributed by atoms with Gasteiger partial charge in [0.05, 0.1) is 0 Å². The van der Waals surface area contributed by atoms with E-state index < -0.39 is 0 Å². The van der Waals surface area contributed by atoms with Gasteiger partial charge in [-0.3, -0.25) is 0 Å². The summed E-state index contributed by atoms with van der Waals surface area (Å²) in [7, 11) is 0. The molecule has 0 heterocycles. The second kappa shape index (κ2) is 9.04. The summed E-state index contributed by atoms with van der Waals surface area (Å²) in [4.78, 5) is 0. The minimum Gasteiger partial charge on any atom is -0.314 e. The van der Waals surface area contributed by atoms with Gasteiger partial charge in [-0.15, -0.1) is 0 Å². The first-order valence-corrected chi connectivity index (χ1v) is 7.60. The summed E-state index contributed by atoms with van der Waals surface area (Å²) in [6.07, 6.45) is 14.2. The molecule has 1 N–H and O–H groups in total. The van der Waals surface area contributed by atoms with E-state index >= 15 is 0 Å². The van der Waals surface area contributed by atoms with E-state index in [9.17, 15) is 0 Å². The van der Waals surface area contributed by atoms with Crippen LogP contribution in [0.5, 0.6) is 0 Å². The Balaban J connectivity index is 1.84. The second-order valence-corrected chi connectivity index (χ2v) is 5.51. The van der Waals surface area contributed by atoms with Gasteiger partial charge >= 0.3 is 0 Å². The highest BCUT2D eigenvalue weighted by molar-refractivity contribution is 4.79. The van der Waals surface area contributed by atoms with Crippen molar-refractivity contribution >= 4 is 0 Å². The van der Waals surface area contributed by atoms with Crippen LogP contribution in [-0.4, -0.2) is 12.6 Å². The average Bonchev–Trinajstić information content (AvgIpc) is 3.10. The summed E-state index contributed by atoms with van der Waals surface area (Å²) in [5.74, 6) is 1.07. The summed E-state index contributed by atoms with van der Waals surface area (Å²) in [5.41, 5.74) is 0. The summed E-state index contributed by atoms with van der Waals surface area (Å²) >= 11 is 0. The van der Waals surface area contributed by atoms with Gasteiger partial charge in [-0.25, -0.2) is 0 Å². The predicted octanol–water partition coefficient (Wildman–Crippen LogP) is 4.52. The maximum absolute atomic E-state index is 3.73. The van der Waals surface area contributed by atoms with Crippen LogP contribution in [0.4, 0.5) is 0 Å². The quantitative estimate of drug-likeness (QED) is 0.510. The van der Waals surface area contributed by atoms with Gasteiger partial charge in [-0.1, -0.05) is 58.8 Å². The molecule has 0 radical (unpaired) electrons. The summed E-state index contributed by atoms with van der Waals surface area (Å²) < 4.78 is 0. The third-order valence-electron chi connectivity index (χ3n) is 3.77. The van der Waals surface area contributed by atoms with E-state index in [2.05, 4.69) is 19.2 Å². The SMILES string of the molecule is CCCCCCCCNC(CC)CC1CC1. The molecule has 1 atom stereocenters. The lowest BCUT2D eigenvalue weighted by Gasteiger charge is -2.16. The average molecular weight is 225 g/mol. The van der Waals surface area contributed by atoms with Crippen LogP contribution in [0.25, 0.3) is 0 Å². The summed E-state index contributed by atoms with van der Waals surface area (Å²) in [6, 6.07) is 0.808. The molecule has 1 fully saturated rings. The minimum absolute atomic E-state index is 0.808. The van der Waals surface area contributed by atoms with Gasteiger partial charge in [0.1, 0.15) is 0 Å². The highest BCUT2D eigenvalue weighted by Crippen LogP contribution is 2.33. The fraction of sp³-hybridized carbons (Fsp3) is 1.00. The molecule has 1 aliphatic carbocycles. The van der Waals surface area contributed by atoms with E-state index in [0.29, 0.717) is 0 Å². The Morgan fingerprint density at radius 3 is 2.31 bits per heavy atom. The Bertz CT molecular complexity index is 152. The van der Waals surface area contributed by atoms with Gasteiger partial charge in [-0.2, -0.15) is 0 Å². The largest absolute Gasteiger partial charge is 0.314 e. The molecule has 0 bridgehead atoms. The van der Waals surface area contributed by atoms with E-state index in [1.54, 1.807) is 0 Å². The number of hydrogen-bond acceptors (Lipinski definition) is 1. The summed E-state index contributed by atoms with van der Waals surface area (Å²) in [6.45, 7) is 5.85. The highest BCUT2D eigenvalue weighted by atomic mass is 14.9. The van der Waals surface area contributed by atoms with Crippen molar-refractivity contribution in [2.75, 3.05) is 6.54 Å². The lowest BCUT2D eigenvalue weighted by Crippen LogP contribution is -2.29. The van der Waals surface area contributed by atoms with E-state index in [4.69, 9.17) is 0 Å². The van der Waals surface area contributed by atoms with E-state index in [-0.39, 0.29) is 0 Å². The second-order valence-electron chi connectivity index (χ2n) is 5.51. The predicted molar refractivity (Wildman–Crippen MR) is 72.8 cm³/mol. The van der Waals surface area contributed by atoms with Crippen LogP contribution in [0.2, 0.25) is 0 Å². The zero-order chi connectivity index (χ0) is 11.6. The van der Waals surface area contributed by atoms with Gasteiger partial charge in [0, 0.05) is 6.04 Å². The van der Waals surface area contributed by atoms with Crippen LogP contribution in [0, 0.1) is 5.92 Å². The Kier molecular flexibility index (Phi) is 7.92. The molecule has 0 saturated heterocycles. The molecular formula is C15H31N. The molecule has 96 valence electrons. The van der Waals surface area contributed by atoms with Crippen LogP contribution < -0.4 is 5.32 Å². The lowest BCUT2D eigenvalue weighted by molar-refractivity contribution is 0.435. The maximum Gasteiger partial charge on any atom is 0.00670 e. The van der Waals surface area contributed by atoms with Crippen molar-refractivity contribution in [1.29, 1.82) is 0 Å². The van der Waals surface area contributed by atoms with Crippen LogP contribution in [0.15, 0.2) is 0 Å². The smallest absolute Gasteiger partial charge is 0.00670 e. The Hall–Kier alpha value is -0.0400. The molecule has 1 unspecified atom stereocenters. The molecule has 0 amide bonds. The van der Waals surface area contributed by atoms with Gasteiger partial charge in [-0.05, 0) is 31.7 Å². The van der Waals surface area contributed by atoms with Crippen molar-refractivity contribution in [1.82, 2.24) is 5.32 Å². The van der Waals surface area contributed by atoms with Crippen molar-refractivity contribution in [2.45, 2.75) is 84.1 Å². The van der Waals surface area contributed by atoms with Crippen LogP contribution in [0.1, 0.15) is 78.1 Å². The van der Waals surface area contributed by atoms with Gasteiger partial charge < -0.3 is 5.32 Å².